The molecule has 0 unspecified atom stereocenters. The standard InChI is InChI=1S/C14H23N5O/c1-5-6-15-11-9-19-8-7-16-12(19)13(17-11)18(4)10-14(2,3)20/h7-9,15,20H,5-6,10H2,1-4H3. The summed E-state index contributed by atoms with van der Waals surface area (Å²) in [5.74, 6) is 1.58. The van der Waals surface area contributed by atoms with Crippen LogP contribution in [0.5, 0.6) is 0 Å². The fourth-order valence-corrected chi connectivity index (χ4v) is 2.16. The lowest BCUT2D eigenvalue weighted by Crippen LogP contribution is -2.37. The van der Waals surface area contributed by atoms with E-state index in [4.69, 9.17) is 0 Å². The Hall–Kier alpha value is -1.82. The van der Waals surface area contributed by atoms with Gasteiger partial charge in [0.1, 0.15) is 5.82 Å². The van der Waals surface area contributed by atoms with Gasteiger partial charge in [-0.05, 0) is 20.3 Å². The summed E-state index contributed by atoms with van der Waals surface area (Å²) < 4.78 is 1.95. The molecule has 0 fully saturated rings. The zero-order chi connectivity index (χ0) is 14.8. The molecule has 2 aromatic heterocycles. The molecule has 2 aromatic rings. The highest BCUT2D eigenvalue weighted by atomic mass is 16.3. The predicted octanol–water partition coefficient (Wildman–Crippen LogP) is 1.76. The third-order valence-corrected chi connectivity index (χ3v) is 2.90. The number of fused-ring (bicyclic) bond motifs is 1. The smallest absolute Gasteiger partial charge is 0.180 e. The van der Waals surface area contributed by atoms with Gasteiger partial charge < -0.3 is 19.7 Å². The van der Waals surface area contributed by atoms with Crippen molar-refractivity contribution in [2.75, 3.05) is 30.4 Å². The number of aromatic nitrogens is 3. The molecule has 0 radical (unpaired) electrons. The van der Waals surface area contributed by atoms with Gasteiger partial charge in [0.25, 0.3) is 0 Å². The molecular weight excluding hydrogens is 254 g/mol. The molecule has 0 bridgehead atoms. The van der Waals surface area contributed by atoms with E-state index in [1.165, 1.54) is 0 Å². The van der Waals surface area contributed by atoms with Crippen molar-refractivity contribution in [3.63, 3.8) is 0 Å². The van der Waals surface area contributed by atoms with E-state index in [1.54, 1.807) is 20.0 Å². The molecule has 0 saturated carbocycles. The van der Waals surface area contributed by atoms with Crippen molar-refractivity contribution >= 4 is 17.3 Å². The number of imidazole rings is 1. The minimum Gasteiger partial charge on any atom is -0.389 e. The second kappa shape index (κ2) is 5.66. The lowest BCUT2D eigenvalue weighted by atomic mass is 10.1. The van der Waals surface area contributed by atoms with E-state index < -0.39 is 5.60 Å². The van der Waals surface area contributed by atoms with Crippen LogP contribution in [-0.2, 0) is 0 Å². The fourth-order valence-electron chi connectivity index (χ4n) is 2.16. The molecule has 20 heavy (non-hydrogen) atoms. The van der Waals surface area contributed by atoms with Crippen LogP contribution >= 0.6 is 0 Å². The second-order valence-corrected chi connectivity index (χ2v) is 5.70. The molecule has 0 aliphatic heterocycles. The van der Waals surface area contributed by atoms with Crippen LogP contribution < -0.4 is 10.2 Å². The van der Waals surface area contributed by atoms with E-state index in [2.05, 4.69) is 22.2 Å². The molecule has 110 valence electrons. The first-order valence-corrected chi connectivity index (χ1v) is 6.92. The molecule has 0 aliphatic rings. The number of anilines is 2. The van der Waals surface area contributed by atoms with Crippen LogP contribution in [0, 0.1) is 0 Å². The van der Waals surface area contributed by atoms with Crippen molar-refractivity contribution in [3.8, 4) is 0 Å². The van der Waals surface area contributed by atoms with Crippen LogP contribution in [0.25, 0.3) is 5.65 Å². The fraction of sp³-hybridized carbons (Fsp3) is 0.571. The van der Waals surface area contributed by atoms with Gasteiger partial charge in [-0.3, -0.25) is 0 Å². The van der Waals surface area contributed by atoms with Gasteiger partial charge in [0.15, 0.2) is 11.5 Å². The summed E-state index contributed by atoms with van der Waals surface area (Å²) in [6.07, 6.45) is 6.62. The van der Waals surface area contributed by atoms with Gasteiger partial charge in [0, 0.05) is 32.5 Å². The summed E-state index contributed by atoms with van der Waals surface area (Å²) in [7, 11) is 1.92. The highest BCUT2D eigenvalue weighted by molar-refractivity contribution is 5.66. The molecule has 0 spiro atoms. The molecule has 2 heterocycles. The van der Waals surface area contributed by atoms with Crippen molar-refractivity contribution in [2.45, 2.75) is 32.8 Å². The number of hydrogen-bond acceptors (Lipinski definition) is 5. The van der Waals surface area contributed by atoms with E-state index in [9.17, 15) is 5.11 Å². The largest absolute Gasteiger partial charge is 0.389 e. The molecule has 2 N–H and O–H groups in total. The van der Waals surface area contributed by atoms with Gasteiger partial charge in [0.05, 0.1) is 11.8 Å². The summed E-state index contributed by atoms with van der Waals surface area (Å²) in [5.41, 5.74) is 0.00570. The Labute approximate surface area is 119 Å². The normalized spacial score (nSPS) is 11.8. The summed E-state index contributed by atoms with van der Waals surface area (Å²) in [6.45, 7) is 7.04. The Morgan fingerprint density at radius 1 is 1.45 bits per heavy atom. The van der Waals surface area contributed by atoms with Gasteiger partial charge in [-0.15, -0.1) is 0 Å². The van der Waals surface area contributed by atoms with Crippen molar-refractivity contribution in [2.24, 2.45) is 0 Å². The quantitative estimate of drug-likeness (QED) is 0.842. The average molecular weight is 277 g/mol. The van der Waals surface area contributed by atoms with E-state index in [1.807, 2.05) is 28.7 Å². The maximum atomic E-state index is 9.97. The lowest BCUT2D eigenvalue weighted by Gasteiger charge is -2.26. The summed E-state index contributed by atoms with van der Waals surface area (Å²) >= 11 is 0. The molecule has 0 saturated heterocycles. The SMILES string of the molecule is CCCNc1cn2ccnc2c(N(C)CC(C)(C)O)n1. The maximum Gasteiger partial charge on any atom is 0.180 e. The molecular formula is C14H23N5O. The van der Waals surface area contributed by atoms with Gasteiger partial charge in [0.2, 0.25) is 0 Å². The third kappa shape index (κ3) is 3.39. The highest BCUT2D eigenvalue weighted by Gasteiger charge is 2.19. The minimum absolute atomic E-state index is 0.486. The van der Waals surface area contributed by atoms with Crippen LogP contribution in [0.4, 0.5) is 11.6 Å². The van der Waals surface area contributed by atoms with Gasteiger partial charge >= 0.3 is 0 Å². The Bertz CT molecular complexity index is 572. The monoisotopic (exact) mass is 277 g/mol. The molecule has 0 atom stereocenters. The first kappa shape index (κ1) is 14.6. The van der Waals surface area contributed by atoms with E-state index in [0.29, 0.717) is 6.54 Å². The van der Waals surface area contributed by atoms with Crippen molar-refractivity contribution < 1.29 is 5.11 Å². The zero-order valence-electron chi connectivity index (χ0n) is 12.6. The molecule has 0 aliphatic carbocycles. The maximum absolute atomic E-state index is 9.97. The minimum atomic E-state index is -0.785. The Morgan fingerprint density at radius 2 is 2.20 bits per heavy atom. The molecule has 6 nitrogen and oxygen atoms in total. The first-order valence-electron chi connectivity index (χ1n) is 6.92. The number of nitrogens with one attached hydrogen (secondary N) is 1. The van der Waals surface area contributed by atoms with Crippen molar-refractivity contribution in [1.29, 1.82) is 0 Å². The van der Waals surface area contributed by atoms with E-state index in [-0.39, 0.29) is 0 Å². The van der Waals surface area contributed by atoms with Crippen LogP contribution in [0.2, 0.25) is 0 Å². The van der Waals surface area contributed by atoms with Crippen LogP contribution in [0.15, 0.2) is 18.6 Å². The number of likely N-dealkylation sites (N-methyl/N-ethyl adjacent to an activating group) is 1. The van der Waals surface area contributed by atoms with Crippen LogP contribution in [-0.4, -0.2) is 45.2 Å². The van der Waals surface area contributed by atoms with Gasteiger partial charge in [-0.1, -0.05) is 6.92 Å². The number of nitrogens with zero attached hydrogens (tertiary/aromatic N) is 4. The number of hydrogen-bond donors (Lipinski definition) is 2. The average Bonchev–Trinajstić information content (AvgIpc) is 2.81. The Kier molecular flexibility index (Phi) is 4.13. The summed E-state index contributed by atoms with van der Waals surface area (Å²) in [4.78, 5) is 10.9. The first-order chi connectivity index (χ1) is 9.40. The lowest BCUT2D eigenvalue weighted by molar-refractivity contribution is 0.0885. The highest BCUT2D eigenvalue weighted by Crippen LogP contribution is 2.21. The Balaban J connectivity index is 2.36. The zero-order valence-corrected chi connectivity index (χ0v) is 12.6. The predicted molar refractivity (Wildman–Crippen MR) is 81.3 cm³/mol. The number of rotatable bonds is 6. The van der Waals surface area contributed by atoms with Crippen LogP contribution in [0.1, 0.15) is 27.2 Å². The van der Waals surface area contributed by atoms with Crippen molar-refractivity contribution in [3.05, 3.63) is 18.6 Å². The van der Waals surface area contributed by atoms with E-state index >= 15 is 0 Å². The van der Waals surface area contributed by atoms with Gasteiger partial charge in [-0.2, -0.15) is 0 Å². The summed E-state index contributed by atoms with van der Waals surface area (Å²) in [6, 6.07) is 0. The number of aliphatic hydroxyl groups is 1. The van der Waals surface area contributed by atoms with Gasteiger partial charge in [-0.25, -0.2) is 9.97 Å². The van der Waals surface area contributed by atoms with Crippen molar-refractivity contribution in [1.82, 2.24) is 14.4 Å². The topological polar surface area (TPSA) is 65.7 Å². The molecule has 6 heteroatoms. The van der Waals surface area contributed by atoms with Crippen LogP contribution in [0.3, 0.4) is 0 Å². The third-order valence-electron chi connectivity index (χ3n) is 2.90. The molecule has 0 amide bonds. The van der Waals surface area contributed by atoms with E-state index in [0.717, 1.165) is 30.2 Å². The summed E-state index contributed by atoms with van der Waals surface area (Å²) in [5, 5.41) is 13.3. The second-order valence-electron chi connectivity index (χ2n) is 5.70. The Morgan fingerprint density at radius 3 is 2.85 bits per heavy atom. The molecule has 2 rings (SSSR count). The molecule has 0 aromatic carbocycles.